The number of halogens is 3. The fraction of sp³-hybridized carbons (Fsp3) is 0.429. The molecule has 0 atom stereocenters. The first-order valence-electron chi connectivity index (χ1n) is 6.67. The Balaban J connectivity index is 2.63. The van der Waals surface area contributed by atoms with Crippen molar-refractivity contribution in [2.24, 2.45) is 10.7 Å². The number of nitrogens with one attached hydrogen (secondary N) is 1. The molecule has 0 saturated carbocycles. The van der Waals surface area contributed by atoms with Crippen molar-refractivity contribution in [3.05, 3.63) is 29.8 Å². The number of carbonyl (C=O) groups is 1. The Morgan fingerprint density at radius 3 is 2.65 bits per heavy atom. The number of alkyl halides is 3. The van der Waals surface area contributed by atoms with E-state index < -0.39 is 25.2 Å². The zero-order valence-corrected chi connectivity index (χ0v) is 12.9. The van der Waals surface area contributed by atoms with Gasteiger partial charge in [0.25, 0.3) is 0 Å². The summed E-state index contributed by atoms with van der Waals surface area (Å²) < 4.78 is 41.6. The summed E-state index contributed by atoms with van der Waals surface area (Å²) in [5.74, 6) is -0.848. The molecular formula is C14H19F3N4O2. The van der Waals surface area contributed by atoms with Gasteiger partial charge >= 0.3 is 6.18 Å². The number of guanidine groups is 1. The van der Waals surface area contributed by atoms with Gasteiger partial charge in [-0.1, -0.05) is 18.2 Å². The maximum Gasteiger partial charge on any atom is 0.406 e. The van der Waals surface area contributed by atoms with E-state index in [2.05, 4.69) is 10.3 Å². The monoisotopic (exact) mass is 332 g/mol. The summed E-state index contributed by atoms with van der Waals surface area (Å²) in [4.78, 5) is 15.9. The first-order valence-corrected chi connectivity index (χ1v) is 6.67. The van der Waals surface area contributed by atoms with Crippen LogP contribution in [0.4, 0.5) is 18.9 Å². The molecule has 128 valence electrons. The molecule has 0 radical (unpaired) electrons. The van der Waals surface area contributed by atoms with Gasteiger partial charge in [-0.2, -0.15) is 13.2 Å². The van der Waals surface area contributed by atoms with Crippen molar-refractivity contribution >= 4 is 17.6 Å². The average Bonchev–Trinajstić information content (AvgIpc) is 2.45. The zero-order chi connectivity index (χ0) is 17.5. The highest BCUT2D eigenvalue weighted by Crippen LogP contribution is 2.16. The molecule has 0 unspecified atom stereocenters. The number of nitrogens with two attached hydrogens (primary N) is 1. The second kappa shape index (κ2) is 8.37. The molecule has 0 heterocycles. The van der Waals surface area contributed by atoms with E-state index in [4.69, 9.17) is 10.5 Å². The quantitative estimate of drug-likeness (QED) is 0.612. The Labute approximate surface area is 132 Å². The maximum atomic E-state index is 12.2. The molecule has 3 N–H and O–H groups in total. The lowest BCUT2D eigenvalue weighted by molar-refractivity contribution is -0.157. The summed E-state index contributed by atoms with van der Waals surface area (Å²) in [7, 11) is 2.60. The molecule has 1 rings (SSSR count). The van der Waals surface area contributed by atoms with Gasteiger partial charge in [0.15, 0.2) is 5.96 Å². The van der Waals surface area contributed by atoms with Crippen LogP contribution < -0.4 is 11.1 Å². The van der Waals surface area contributed by atoms with E-state index in [0.29, 0.717) is 17.2 Å². The number of hydrogen-bond acceptors (Lipinski definition) is 3. The Morgan fingerprint density at radius 1 is 1.39 bits per heavy atom. The maximum absolute atomic E-state index is 12.2. The number of rotatable bonds is 6. The fourth-order valence-corrected chi connectivity index (χ4v) is 1.73. The Hall–Kier alpha value is -2.29. The highest BCUT2D eigenvalue weighted by atomic mass is 19.4. The Bertz CT molecular complexity index is 561. The molecule has 0 fully saturated rings. The van der Waals surface area contributed by atoms with Crippen LogP contribution in [-0.4, -0.2) is 50.2 Å². The number of ether oxygens (including phenoxy) is 1. The second-order valence-corrected chi connectivity index (χ2v) is 4.78. The van der Waals surface area contributed by atoms with Gasteiger partial charge < -0.3 is 20.7 Å². The van der Waals surface area contributed by atoms with E-state index in [-0.39, 0.29) is 5.96 Å². The van der Waals surface area contributed by atoms with E-state index in [0.717, 1.165) is 12.6 Å². The standard InChI is InChI=1S/C14H19F3N4O2/c1-21(9-14(15,16)17)12(22)7-19-13(18)20-11-6-4-3-5-10(11)8-23-2/h3-6H,7-9H2,1-2H3,(H3,18,19,20). The predicted molar refractivity (Wildman–Crippen MR) is 81.0 cm³/mol. The normalized spacial score (nSPS) is 12.1. The van der Waals surface area contributed by atoms with Crippen LogP contribution in [0.25, 0.3) is 0 Å². The molecule has 0 aromatic heterocycles. The molecule has 23 heavy (non-hydrogen) atoms. The molecule has 1 aromatic rings. The van der Waals surface area contributed by atoms with Crippen molar-refractivity contribution in [3.63, 3.8) is 0 Å². The van der Waals surface area contributed by atoms with Gasteiger partial charge in [-0.25, -0.2) is 4.99 Å². The van der Waals surface area contributed by atoms with Crippen molar-refractivity contribution in [1.29, 1.82) is 0 Å². The van der Waals surface area contributed by atoms with Gasteiger partial charge in [0.05, 0.1) is 6.61 Å². The highest BCUT2D eigenvalue weighted by Gasteiger charge is 2.30. The third-order valence-electron chi connectivity index (χ3n) is 2.81. The lowest BCUT2D eigenvalue weighted by Gasteiger charge is -2.18. The number of aliphatic imine (C=N–C) groups is 1. The van der Waals surface area contributed by atoms with Crippen LogP contribution in [0.5, 0.6) is 0 Å². The largest absolute Gasteiger partial charge is 0.406 e. The molecule has 0 spiro atoms. The first kappa shape index (κ1) is 18.8. The number of methoxy groups -OCH3 is 1. The molecule has 1 amide bonds. The number of hydrogen-bond donors (Lipinski definition) is 2. The van der Waals surface area contributed by atoms with Crippen molar-refractivity contribution in [2.75, 3.05) is 32.6 Å². The Kier molecular flexibility index (Phi) is 6.83. The van der Waals surface area contributed by atoms with E-state index in [1.165, 1.54) is 0 Å². The van der Waals surface area contributed by atoms with Crippen molar-refractivity contribution in [2.45, 2.75) is 12.8 Å². The second-order valence-electron chi connectivity index (χ2n) is 4.78. The van der Waals surface area contributed by atoms with Crippen molar-refractivity contribution in [3.8, 4) is 0 Å². The molecule has 0 aliphatic heterocycles. The summed E-state index contributed by atoms with van der Waals surface area (Å²) in [6.45, 7) is -1.45. The summed E-state index contributed by atoms with van der Waals surface area (Å²) in [5.41, 5.74) is 7.12. The molecule has 0 bridgehead atoms. The lowest BCUT2D eigenvalue weighted by atomic mass is 10.2. The van der Waals surface area contributed by atoms with Crippen LogP contribution in [0.2, 0.25) is 0 Å². The van der Waals surface area contributed by atoms with E-state index in [1.54, 1.807) is 19.2 Å². The van der Waals surface area contributed by atoms with E-state index >= 15 is 0 Å². The van der Waals surface area contributed by atoms with Crippen LogP contribution >= 0.6 is 0 Å². The highest BCUT2D eigenvalue weighted by molar-refractivity contribution is 5.94. The number of carbonyl (C=O) groups excluding carboxylic acids is 1. The number of para-hydroxylation sites is 1. The molecule has 1 aromatic carbocycles. The minimum atomic E-state index is -4.45. The number of anilines is 1. The average molecular weight is 332 g/mol. The van der Waals surface area contributed by atoms with Crippen LogP contribution in [0.1, 0.15) is 5.56 Å². The lowest BCUT2D eigenvalue weighted by Crippen LogP contribution is -2.37. The molecule has 0 aliphatic carbocycles. The number of benzene rings is 1. The number of nitrogens with zero attached hydrogens (tertiary/aromatic N) is 2. The van der Waals surface area contributed by atoms with E-state index in [1.807, 2.05) is 12.1 Å². The van der Waals surface area contributed by atoms with Crippen LogP contribution in [0.3, 0.4) is 0 Å². The van der Waals surface area contributed by atoms with Crippen LogP contribution in [-0.2, 0) is 16.1 Å². The van der Waals surface area contributed by atoms with Crippen molar-refractivity contribution < 1.29 is 22.7 Å². The topological polar surface area (TPSA) is 80.0 Å². The van der Waals surface area contributed by atoms with Gasteiger partial charge in [-0.3, -0.25) is 4.79 Å². The summed E-state index contributed by atoms with van der Waals surface area (Å²) >= 11 is 0. The molecule has 0 saturated heterocycles. The minimum absolute atomic E-state index is 0.0673. The van der Waals surface area contributed by atoms with E-state index in [9.17, 15) is 18.0 Å². The smallest absolute Gasteiger partial charge is 0.380 e. The third-order valence-corrected chi connectivity index (χ3v) is 2.81. The van der Waals surface area contributed by atoms with Crippen LogP contribution in [0, 0.1) is 0 Å². The van der Waals surface area contributed by atoms with Crippen molar-refractivity contribution in [1.82, 2.24) is 4.90 Å². The summed E-state index contributed by atoms with van der Waals surface area (Å²) in [6.07, 6.45) is -4.45. The van der Waals surface area contributed by atoms with Gasteiger partial charge in [-0.05, 0) is 6.07 Å². The van der Waals surface area contributed by atoms with Gasteiger partial charge in [0.1, 0.15) is 13.1 Å². The number of likely N-dealkylation sites (N-methyl/N-ethyl adjacent to an activating group) is 1. The summed E-state index contributed by atoms with van der Waals surface area (Å²) in [5, 5.41) is 2.79. The Morgan fingerprint density at radius 2 is 2.04 bits per heavy atom. The number of amides is 1. The molecule has 6 nitrogen and oxygen atoms in total. The van der Waals surface area contributed by atoms with Crippen LogP contribution in [0.15, 0.2) is 29.3 Å². The fourth-order valence-electron chi connectivity index (χ4n) is 1.73. The predicted octanol–water partition coefficient (Wildman–Crippen LogP) is 1.58. The third kappa shape index (κ3) is 7.00. The molecule has 0 aliphatic rings. The van der Waals surface area contributed by atoms with Gasteiger partial charge in [-0.15, -0.1) is 0 Å². The summed E-state index contributed by atoms with van der Waals surface area (Å²) in [6, 6.07) is 7.16. The first-order chi connectivity index (χ1) is 10.7. The molecule has 9 heteroatoms. The minimum Gasteiger partial charge on any atom is -0.380 e. The van der Waals surface area contributed by atoms with Gasteiger partial charge in [0.2, 0.25) is 5.91 Å². The SMILES string of the molecule is COCc1ccccc1NC(N)=NCC(=O)N(C)CC(F)(F)F. The zero-order valence-electron chi connectivity index (χ0n) is 12.9. The van der Waals surface area contributed by atoms with Gasteiger partial charge in [0, 0.05) is 25.4 Å². The molecular weight excluding hydrogens is 313 g/mol.